The van der Waals surface area contributed by atoms with Crippen molar-refractivity contribution in [1.29, 1.82) is 0 Å². The van der Waals surface area contributed by atoms with Crippen molar-refractivity contribution in [1.82, 2.24) is 15.6 Å². The van der Waals surface area contributed by atoms with Crippen molar-refractivity contribution in [2.45, 2.75) is 12.8 Å². The number of rotatable bonds is 4. The first kappa shape index (κ1) is 22.3. The molecule has 2 aliphatic heterocycles. The number of thiocarbonyl (C=S) groups is 1. The number of nitro groups is 1. The predicted molar refractivity (Wildman–Crippen MR) is 127 cm³/mol. The molecular formula is C22H22N6O4S. The molecule has 2 aliphatic rings. The number of carbonyl (C=O) groups is 2. The van der Waals surface area contributed by atoms with E-state index in [1.807, 2.05) is 15.9 Å². The topological polar surface area (TPSA) is 120 Å². The van der Waals surface area contributed by atoms with Gasteiger partial charge in [-0.3, -0.25) is 25.0 Å². The van der Waals surface area contributed by atoms with Crippen LogP contribution in [0.4, 0.5) is 11.4 Å². The summed E-state index contributed by atoms with van der Waals surface area (Å²) < 4.78 is 0. The van der Waals surface area contributed by atoms with E-state index in [2.05, 4.69) is 15.8 Å². The van der Waals surface area contributed by atoms with Gasteiger partial charge >= 0.3 is 0 Å². The molecule has 33 heavy (non-hydrogen) atoms. The van der Waals surface area contributed by atoms with Crippen molar-refractivity contribution >= 4 is 46.2 Å². The van der Waals surface area contributed by atoms with Crippen LogP contribution in [-0.4, -0.2) is 58.6 Å². The number of nitrogens with zero attached hydrogens (tertiary/aromatic N) is 4. The average Bonchev–Trinajstić information content (AvgIpc) is 2.84. The first-order chi connectivity index (χ1) is 15.9. The van der Waals surface area contributed by atoms with E-state index in [0.29, 0.717) is 66.7 Å². The minimum absolute atomic E-state index is 0.0134. The van der Waals surface area contributed by atoms with Gasteiger partial charge in [0.15, 0.2) is 5.11 Å². The molecule has 1 fully saturated rings. The van der Waals surface area contributed by atoms with Crippen LogP contribution in [0.25, 0.3) is 0 Å². The molecule has 2 heterocycles. The molecule has 0 bridgehead atoms. The molecule has 0 unspecified atom stereocenters. The van der Waals surface area contributed by atoms with E-state index in [4.69, 9.17) is 12.2 Å². The summed E-state index contributed by atoms with van der Waals surface area (Å²) in [6.07, 6.45) is 0.740. The quantitative estimate of drug-likeness (QED) is 0.402. The van der Waals surface area contributed by atoms with Crippen LogP contribution in [0.15, 0.2) is 53.6 Å². The van der Waals surface area contributed by atoms with Crippen molar-refractivity contribution in [3.8, 4) is 0 Å². The molecule has 2 N–H and O–H groups in total. The molecule has 10 nitrogen and oxygen atoms in total. The number of hydrogen-bond donors (Lipinski definition) is 2. The maximum absolute atomic E-state index is 12.3. The first-order valence-corrected chi connectivity index (χ1v) is 10.9. The third-order valence-corrected chi connectivity index (χ3v) is 5.93. The molecule has 11 heteroatoms. The number of piperazine rings is 1. The minimum atomic E-state index is -0.405. The number of carbonyl (C=O) groups excluding carboxylic acids is 2. The first-order valence-electron chi connectivity index (χ1n) is 10.5. The van der Waals surface area contributed by atoms with Crippen LogP contribution in [0.5, 0.6) is 0 Å². The van der Waals surface area contributed by atoms with Gasteiger partial charge in [-0.15, -0.1) is 0 Å². The highest BCUT2D eigenvalue weighted by Crippen LogP contribution is 2.31. The number of hydrogen-bond acceptors (Lipinski definition) is 7. The molecule has 1 saturated heterocycles. The lowest BCUT2D eigenvalue weighted by molar-refractivity contribution is -0.384. The summed E-state index contributed by atoms with van der Waals surface area (Å²) in [6.45, 7) is 2.06. The summed E-state index contributed by atoms with van der Waals surface area (Å²) in [5, 5.41) is 18.9. The van der Waals surface area contributed by atoms with Gasteiger partial charge in [0.1, 0.15) is 5.69 Å². The summed E-state index contributed by atoms with van der Waals surface area (Å²) in [7, 11) is 0. The van der Waals surface area contributed by atoms with Crippen LogP contribution in [-0.2, 0) is 4.79 Å². The Kier molecular flexibility index (Phi) is 6.59. The zero-order valence-electron chi connectivity index (χ0n) is 17.7. The summed E-state index contributed by atoms with van der Waals surface area (Å²) >= 11 is 5.39. The molecule has 0 aromatic heterocycles. The van der Waals surface area contributed by atoms with Crippen LogP contribution in [0.2, 0.25) is 0 Å². The van der Waals surface area contributed by atoms with Gasteiger partial charge in [-0.2, -0.15) is 5.10 Å². The summed E-state index contributed by atoms with van der Waals surface area (Å²) in [5.74, 6) is -0.434. The lowest BCUT2D eigenvalue weighted by Gasteiger charge is -2.37. The summed E-state index contributed by atoms with van der Waals surface area (Å²) in [5.41, 5.74) is 4.68. The fourth-order valence-electron chi connectivity index (χ4n) is 3.79. The Bertz CT molecular complexity index is 1130. The second-order valence-corrected chi connectivity index (χ2v) is 8.04. The van der Waals surface area contributed by atoms with Crippen LogP contribution >= 0.6 is 12.2 Å². The van der Waals surface area contributed by atoms with Crippen LogP contribution in [0, 0.1) is 10.1 Å². The van der Waals surface area contributed by atoms with Gasteiger partial charge in [0.25, 0.3) is 11.6 Å². The Hall–Kier alpha value is -3.86. The Balaban J connectivity index is 1.41. The Labute approximate surface area is 195 Å². The monoisotopic (exact) mass is 466 g/mol. The molecule has 2 aromatic carbocycles. The number of hydrazone groups is 1. The predicted octanol–water partition coefficient (Wildman–Crippen LogP) is 2.05. The van der Waals surface area contributed by atoms with Crippen molar-refractivity contribution in [2.24, 2.45) is 5.10 Å². The van der Waals surface area contributed by atoms with Crippen molar-refractivity contribution in [3.05, 3.63) is 69.8 Å². The van der Waals surface area contributed by atoms with Crippen LogP contribution in [0.1, 0.15) is 28.8 Å². The normalized spacial score (nSPS) is 16.0. The number of nitrogens with one attached hydrogen (secondary N) is 2. The highest BCUT2D eigenvalue weighted by Gasteiger charge is 2.26. The smallest absolute Gasteiger partial charge is 0.293 e. The Morgan fingerprint density at radius 3 is 2.45 bits per heavy atom. The van der Waals surface area contributed by atoms with Crippen molar-refractivity contribution in [3.63, 3.8) is 0 Å². The highest BCUT2D eigenvalue weighted by molar-refractivity contribution is 7.80. The molecule has 0 radical (unpaired) electrons. The van der Waals surface area contributed by atoms with Gasteiger partial charge in [-0.25, -0.2) is 5.43 Å². The van der Waals surface area contributed by atoms with Gasteiger partial charge in [-0.1, -0.05) is 24.3 Å². The third-order valence-electron chi connectivity index (χ3n) is 5.57. The lowest BCUT2D eigenvalue weighted by Crippen LogP contribution is -2.52. The highest BCUT2D eigenvalue weighted by atomic mass is 32.1. The summed E-state index contributed by atoms with van der Waals surface area (Å²) in [6, 6.07) is 13.8. The van der Waals surface area contributed by atoms with Crippen LogP contribution in [0.3, 0.4) is 0 Å². The fourth-order valence-corrected chi connectivity index (χ4v) is 4.06. The summed E-state index contributed by atoms with van der Waals surface area (Å²) in [4.78, 5) is 38.8. The van der Waals surface area contributed by atoms with Crippen LogP contribution < -0.4 is 15.6 Å². The van der Waals surface area contributed by atoms with E-state index in [1.165, 1.54) is 6.07 Å². The average molecular weight is 467 g/mol. The zero-order valence-corrected chi connectivity index (χ0v) is 18.5. The van der Waals surface area contributed by atoms with Gasteiger partial charge in [0, 0.05) is 56.2 Å². The number of benzene rings is 2. The second kappa shape index (κ2) is 9.74. The SMILES string of the molecule is O=C1CCC(c2ccc(N3CCN(C(=S)NC(=O)c4ccccc4)CC3)c([N+](=O)[O-])c2)=NN1. The van der Waals surface area contributed by atoms with E-state index < -0.39 is 4.92 Å². The standard InChI is InChI=1S/C22H22N6O4S/c29-20-9-7-17(24-25-20)16-6-8-18(19(14-16)28(31)32)26-10-12-27(13-11-26)22(33)23-21(30)15-4-2-1-3-5-15/h1-6,8,14H,7,9-13H2,(H,25,29)(H,23,30,33). The second-order valence-electron chi connectivity index (χ2n) is 7.65. The van der Waals surface area contributed by atoms with Crippen molar-refractivity contribution in [2.75, 3.05) is 31.1 Å². The molecule has 0 atom stereocenters. The van der Waals surface area contributed by atoms with E-state index >= 15 is 0 Å². The number of anilines is 1. The number of amides is 2. The molecule has 2 amide bonds. The van der Waals surface area contributed by atoms with Gasteiger partial charge in [0.05, 0.1) is 10.6 Å². The number of nitro benzene ring substituents is 1. The molecule has 0 aliphatic carbocycles. The van der Waals surface area contributed by atoms with E-state index in [-0.39, 0.29) is 17.5 Å². The molecule has 170 valence electrons. The maximum Gasteiger partial charge on any atom is 0.293 e. The Morgan fingerprint density at radius 1 is 1.09 bits per heavy atom. The molecule has 4 rings (SSSR count). The minimum Gasteiger partial charge on any atom is -0.362 e. The van der Waals surface area contributed by atoms with E-state index in [0.717, 1.165) is 0 Å². The van der Waals surface area contributed by atoms with Gasteiger partial charge in [-0.05, 0) is 30.4 Å². The van der Waals surface area contributed by atoms with E-state index in [1.54, 1.807) is 36.4 Å². The van der Waals surface area contributed by atoms with Crippen molar-refractivity contribution < 1.29 is 14.5 Å². The van der Waals surface area contributed by atoms with Gasteiger partial charge in [0.2, 0.25) is 5.91 Å². The lowest BCUT2D eigenvalue weighted by atomic mass is 10.0. The van der Waals surface area contributed by atoms with E-state index in [9.17, 15) is 19.7 Å². The zero-order chi connectivity index (χ0) is 23.4. The fraction of sp³-hybridized carbons (Fsp3) is 0.273. The molecule has 0 spiro atoms. The Morgan fingerprint density at radius 2 is 1.82 bits per heavy atom. The third kappa shape index (κ3) is 5.14. The maximum atomic E-state index is 12.3. The molecule has 2 aromatic rings. The van der Waals surface area contributed by atoms with Gasteiger partial charge < -0.3 is 9.80 Å². The molecule has 0 saturated carbocycles. The molecular weight excluding hydrogens is 444 g/mol. The largest absolute Gasteiger partial charge is 0.362 e.